The summed E-state index contributed by atoms with van der Waals surface area (Å²) in [6.45, 7) is 2.91. The summed E-state index contributed by atoms with van der Waals surface area (Å²) in [7, 11) is 1.95. The van der Waals surface area contributed by atoms with Crippen LogP contribution in [0.1, 0.15) is 24.5 Å². The SMILES string of the molecule is CC(NCCc1nncn1C)c1cnccn1. The highest BCUT2D eigenvalue weighted by Crippen LogP contribution is 2.06. The standard InChI is InChI=1S/C11H16N6/c1-9(10-7-12-5-6-14-10)13-4-3-11-16-15-8-17(11)2/h5-9,13H,3-4H2,1-2H3. The first-order valence-electron chi connectivity index (χ1n) is 5.59. The highest BCUT2D eigenvalue weighted by molar-refractivity contribution is 5.00. The van der Waals surface area contributed by atoms with Gasteiger partial charge in [0.15, 0.2) is 0 Å². The van der Waals surface area contributed by atoms with Crippen LogP contribution in [0, 0.1) is 0 Å². The predicted octanol–water partition coefficient (Wildman–Crippen LogP) is 0.498. The molecule has 2 aromatic rings. The van der Waals surface area contributed by atoms with Gasteiger partial charge in [0.05, 0.1) is 5.69 Å². The molecule has 2 rings (SSSR count). The largest absolute Gasteiger partial charge is 0.321 e. The zero-order valence-electron chi connectivity index (χ0n) is 10.0. The van der Waals surface area contributed by atoms with Crippen LogP contribution in [0.2, 0.25) is 0 Å². The molecule has 0 amide bonds. The van der Waals surface area contributed by atoms with Gasteiger partial charge in [0.2, 0.25) is 0 Å². The maximum absolute atomic E-state index is 4.25. The lowest BCUT2D eigenvalue weighted by Gasteiger charge is -2.12. The van der Waals surface area contributed by atoms with E-state index >= 15 is 0 Å². The van der Waals surface area contributed by atoms with E-state index in [1.165, 1.54) is 0 Å². The highest BCUT2D eigenvalue weighted by atomic mass is 15.2. The molecule has 0 aliphatic heterocycles. The molecule has 0 saturated carbocycles. The van der Waals surface area contributed by atoms with Crippen LogP contribution in [0.3, 0.4) is 0 Å². The van der Waals surface area contributed by atoms with E-state index in [2.05, 4.69) is 32.4 Å². The minimum absolute atomic E-state index is 0.192. The van der Waals surface area contributed by atoms with Gasteiger partial charge in [0.1, 0.15) is 12.2 Å². The Labute approximate surface area is 100 Å². The van der Waals surface area contributed by atoms with E-state index in [1.54, 1.807) is 24.9 Å². The van der Waals surface area contributed by atoms with Crippen molar-refractivity contribution >= 4 is 0 Å². The van der Waals surface area contributed by atoms with Crippen molar-refractivity contribution in [2.75, 3.05) is 6.54 Å². The van der Waals surface area contributed by atoms with E-state index in [9.17, 15) is 0 Å². The van der Waals surface area contributed by atoms with Crippen molar-refractivity contribution in [1.29, 1.82) is 0 Å². The van der Waals surface area contributed by atoms with Crippen LogP contribution in [-0.4, -0.2) is 31.3 Å². The van der Waals surface area contributed by atoms with Crippen LogP contribution >= 0.6 is 0 Å². The van der Waals surface area contributed by atoms with E-state index < -0.39 is 0 Å². The molecule has 1 unspecified atom stereocenters. The van der Waals surface area contributed by atoms with Gasteiger partial charge in [-0.2, -0.15) is 0 Å². The number of aromatic nitrogens is 5. The number of hydrogen-bond donors (Lipinski definition) is 1. The van der Waals surface area contributed by atoms with Gasteiger partial charge >= 0.3 is 0 Å². The predicted molar refractivity (Wildman–Crippen MR) is 63.2 cm³/mol. The van der Waals surface area contributed by atoms with E-state index in [0.29, 0.717) is 0 Å². The zero-order chi connectivity index (χ0) is 12.1. The van der Waals surface area contributed by atoms with Gasteiger partial charge in [0, 0.05) is 44.6 Å². The fourth-order valence-corrected chi connectivity index (χ4v) is 1.57. The molecule has 17 heavy (non-hydrogen) atoms. The lowest BCUT2D eigenvalue weighted by molar-refractivity contribution is 0.551. The number of nitrogens with zero attached hydrogens (tertiary/aromatic N) is 5. The fraction of sp³-hybridized carbons (Fsp3) is 0.455. The van der Waals surface area contributed by atoms with Crippen molar-refractivity contribution in [1.82, 2.24) is 30.0 Å². The van der Waals surface area contributed by atoms with Crippen molar-refractivity contribution in [2.45, 2.75) is 19.4 Å². The Kier molecular flexibility index (Phi) is 3.77. The van der Waals surface area contributed by atoms with Gasteiger partial charge in [0.25, 0.3) is 0 Å². The summed E-state index contributed by atoms with van der Waals surface area (Å²) < 4.78 is 1.93. The zero-order valence-corrected chi connectivity index (χ0v) is 10.0. The Hall–Kier alpha value is -1.82. The molecule has 2 aromatic heterocycles. The summed E-state index contributed by atoms with van der Waals surface area (Å²) in [6, 6.07) is 0.192. The highest BCUT2D eigenvalue weighted by Gasteiger charge is 2.06. The maximum Gasteiger partial charge on any atom is 0.133 e. The Bertz CT molecular complexity index is 452. The number of nitrogens with one attached hydrogen (secondary N) is 1. The van der Waals surface area contributed by atoms with Crippen LogP contribution in [0.4, 0.5) is 0 Å². The number of aryl methyl sites for hydroxylation is 1. The topological polar surface area (TPSA) is 68.5 Å². The molecule has 0 aromatic carbocycles. The second-order valence-corrected chi connectivity index (χ2v) is 3.91. The molecular weight excluding hydrogens is 216 g/mol. The molecule has 6 nitrogen and oxygen atoms in total. The van der Waals surface area contributed by atoms with Gasteiger partial charge < -0.3 is 9.88 Å². The monoisotopic (exact) mass is 232 g/mol. The molecule has 1 N–H and O–H groups in total. The third kappa shape index (κ3) is 3.07. The molecule has 2 heterocycles. The molecule has 0 aliphatic rings. The molecule has 0 fully saturated rings. The van der Waals surface area contributed by atoms with Gasteiger partial charge in [-0.25, -0.2) is 0 Å². The Morgan fingerprint density at radius 1 is 1.41 bits per heavy atom. The minimum Gasteiger partial charge on any atom is -0.321 e. The van der Waals surface area contributed by atoms with Gasteiger partial charge in [-0.3, -0.25) is 9.97 Å². The number of hydrogen-bond acceptors (Lipinski definition) is 5. The minimum atomic E-state index is 0.192. The molecule has 0 spiro atoms. The van der Waals surface area contributed by atoms with Crippen LogP contribution in [0.25, 0.3) is 0 Å². The second kappa shape index (κ2) is 5.49. The van der Waals surface area contributed by atoms with Crippen LogP contribution in [0.5, 0.6) is 0 Å². The van der Waals surface area contributed by atoms with Crippen LogP contribution < -0.4 is 5.32 Å². The average Bonchev–Trinajstić information content (AvgIpc) is 2.76. The molecule has 0 bridgehead atoms. The molecule has 90 valence electrons. The Balaban J connectivity index is 1.81. The fourth-order valence-electron chi connectivity index (χ4n) is 1.57. The number of rotatable bonds is 5. The normalized spacial score (nSPS) is 12.6. The van der Waals surface area contributed by atoms with Crippen molar-refractivity contribution in [3.63, 3.8) is 0 Å². The van der Waals surface area contributed by atoms with E-state index in [1.807, 2.05) is 11.6 Å². The summed E-state index contributed by atoms with van der Waals surface area (Å²) in [5.74, 6) is 0.976. The third-order valence-corrected chi connectivity index (χ3v) is 2.63. The quantitative estimate of drug-likeness (QED) is 0.813. The second-order valence-electron chi connectivity index (χ2n) is 3.91. The average molecular weight is 232 g/mol. The maximum atomic E-state index is 4.25. The molecule has 1 atom stereocenters. The Morgan fingerprint density at radius 2 is 2.29 bits per heavy atom. The first-order chi connectivity index (χ1) is 8.27. The lowest BCUT2D eigenvalue weighted by atomic mass is 10.2. The summed E-state index contributed by atoms with van der Waals surface area (Å²) >= 11 is 0. The molecule has 0 radical (unpaired) electrons. The molecule has 0 aliphatic carbocycles. The smallest absolute Gasteiger partial charge is 0.133 e. The van der Waals surface area contributed by atoms with Crippen molar-refractivity contribution < 1.29 is 0 Å². The first kappa shape index (κ1) is 11.7. The summed E-state index contributed by atoms with van der Waals surface area (Å²) in [6.07, 6.45) is 7.72. The molecular formula is C11H16N6. The summed E-state index contributed by atoms with van der Waals surface area (Å²) in [5.41, 5.74) is 0.950. The van der Waals surface area contributed by atoms with E-state index in [-0.39, 0.29) is 6.04 Å². The van der Waals surface area contributed by atoms with Crippen LogP contribution in [-0.2, 0) is 13.5 Å². The molecule has 6 heteroatoms. The van der Waals surface area contributed by atoms with Crippen molar-refractivity contribution in [2.24, 2.45) is 7.05 Å². The summed E-state index contributed by atoms with van der Waals surface area (Å²) in [5, 5.41) is 11.3. The molecule has 0 saturated heterocycles. The summed E-state index contributed by atoms with van der Waals surface area (Å²) in [4.78, 5) is 8.30. The van der Waals surface area contributed by atoms with Crippen LogP contribution in [0.15, 0.2) is 24.9 Å². The lowest BCUT2D eigenvalue weighted by Crippen LogP contribution is -2.23. The van der Waals surface area contributed by atoms with Gasteiger partial charge in [-0.15, -0.1) is 10.2 Å². The van der Waals surface area contributed by atoms with Crippen molar-refractivity contribution in [3.8, 4) is 0 Å². The van der Waals surface area contributed by atoms with Crippen molar-refractivity contribution in [3.05, 3.63) is 36.4 Å². The van der Waals surface area contributed by atoms with Gasteiger partial charge in [-0.1, -0.05) is 0 Å². The van der Waals surface area contributed by atoms with Gasteiger partial charge in [-0.05, 0) is 6.92 Å². The van der Waals surface area contributed by atoms with E-state index in [0.717, 1.165) is 24.5 Å². The van der Waals surface area contributed by atoms with E-state index in [4.69, 9.17) is 0 Å². The Morgan fingerprint density at radius 3 is 2.94 bits per heavy atom. The third-order valence-electron chi connectivity index (χ3n) is 2.63. The first-order valence-corrected chi connectivity index (χ1v) is 5.59.